The van der Waals surface area contributed by atoms with E-state index in [0.717, 1.165) is 0 Å². The first-order valence-electron chi connectivity index (χ1n) is 8.17. The predicted molar refractivity (Wildman–Crippen MR) is 93.9 cm³/mol. The minimum Gasteiger partial charge on any atom is -0.457 e. The molecule has 0 saturated carbocycles. The average Bonchev–Trinajstić information content (AvgIpc) is 2.57. The van der Waals surface area contributed by atoms with E-state index in [0.29, 0.717) is 11.5 Å². The van der Waals surface area contributed by atoms with E-state index in [1.165, 1.54) is 6.07 Å². The van der Waals surface area contributed by atoms with Crippen molar-refractivity contribution in [3.63, 3.8) is 0 Å². The Kier molecular flexibility index (Phi) is 6.17. The zero-order valence-corrected chi connectivity index (χ0v) is 14.8. The monoisotopic (exact) mass is 342 g/mol. The average molecular weight is 342 g/mol. The lowest BCUT2D eigenvalue weighted by Gasteiger charge is -2.14. The summed E-state index contributed by atoms with van der Waals surface area (Å²) >= 11 is 0. The second kappa shape index (κ2) is 8.33. The number of para-hydroxylation sites is 1. The number of esters is 2. The van der Waals surface area contributed by atoms with Gasteiger partial charge in [-0.3, -0.25) is 9.59 Å². The maximum atomic E-state index is 12.0. The molecule has 0 aromatic heterocycles. The third kappa shape index (κ3) is 5.35. The summed E-state index contributed by atoms with van der Waals surface area (Å²) in [4.78, 5) is 23.8. The van der Waals surface area contributed by atoms with Crippen LogP contribution in [0.25, 0.3) is 0 Å². The standard InChI is InChI=1S/C20H22O5/c1-13(2)19(21)24-17-11-10-16(23-15-8-6-5-7-9-15)12-18(17)25-20(22)14(3)4/h5-14H,1-4H3. The van der Waals surface area contributed by atoms with Crippen LogP contribution in [-0.4, -0.2) is 11.9 Å². The van der Waals surface area contributed by atoms with Gasteiger partial charge in [0, 0.05) is 6.07 Å². The molecule has 0 N–H and O–H groups in total. The summed E-state index contributed by atoms with van der Waals surface area (Å²) in [5.41, 5.74) is 0. The van der Waals surface area contributed by atoms with Crippen molar-refractivity contribution in [1.82, 2.24) is 0 Å². The van der Waals surface area contributed by atoms with Crippen molar-refractivity contribution in [3.8, 4) is 23.0 Å². The molecule has 2 aromatic rings. The minimum absolute atomic E-state index is 0.154. The van der Waals surface area contributed by atoms with Gasteiger partial charge in [0.15, 0.2) is 11.5 Å². The normalized spacial score (nSPS) is 10.6. The summed E-state index contributed by atoms with van der Waals surface area (Å²) in [6, 6.07) is 14.0. The van der Waals surface area contributed by atoms with Gasteiger partial charge in [0.05, 0.1) is 11.8 Å². The highest BCUT2D eigenvalue weighted by molar-refractivity contribution is 5.78. The summed E-state index contributed by atoms with van der Waals surface area (Å²) in [6.45, 7) is 6.92. The van der Waals surface area contributed by atoms with E-state index in [1.54, 1.807) is 39.8 Å². The van der Waals surface area contributed by atoms with Crippen LogP contribution in [0.5, 0.6) is 23.0 Å². The van der Waals surface area contributed by atoms with Gasteiger partial charge in [-0.05, 0) is 24.3 Å². The van der Waals surface area contributed by atoms with E-state index < -0.39 is 11.9 Å². The van der Waals surface area contributed by atoms with Gasteiger partial charge in [-0.2, -0.15) is 0 Å². The number of hydrogen-bond acceptors (Lipinski definition) is 5. The fourth-order valence-electron chi connectivity index (χ4n) is 1.79. The third-order valence-electron chi connectivity index (χ3n) is 3.26. The Morgan fingerprint density at radius 1 is 0.720 bits per heavy atom. The molecule has 2 aromatic carbocycles. The Balaban J connectivity index is 2.29. The van der Waals surface area contributed by atoms with E-state index in [4.69, 9.17) is 14.2 Å². The Hall–Kier alpha value is -2.82. The molecule has 0 atom stereocenters. The van der Waals surface area contributed by atoms with Crippen LogP contribution in [0.1, 0.15) is 27.7 Å². The Morgan fingerprint density at radius 2 is 1.28 bits per heavy atom. The number of benzene rings is 2. The van der Waals surface area contributed by atoms with Crippen LogP contribution in [0.4, 0.5) is 0 Å². The summed E-state index contributed by atoms with van der Waals surface area (Å²) in [5.74, 6) is 0.0328. The SMILES string of the molecule is CC(C)C(=O)Oc1ccc(Oc2ccccc2)cc1OC(=O)C(C)C. The van der Waals surface area contributed by atoms with Gasteiger partial charge < -0.3 is 14.2 Å². The Morgan fingerprint density at radius 3 is 1.84 bits per heavy atom. The van der Waals surface area contributed by atoms with Crippen LogP contribution in [0.2, 0.25) is 0 Å². The molecule has 132 valence electrons. The van der Waals surface area contributed by atoms with Gasteiger partial charge in [-0.25, -0.2) is 0 Å². The fourth-order valence-corrected chi connectivity index (χ4v) is 1.79. The highest BCUT2D eigenvalue weighted by Gasteiger charge is 2.18. The Labute approximate surface area is 147 Å². The highest BCUT2D eigenvalue weighted by atomic mass is 16.6. The first-order chi connectivity index (χ1) is 11.9. The zero-order chi connectivity index (χ0) is 18.4. The van der Waals surface area contributed by atoms with Gasteiger partial charge in [0.25, 0.3) is 0 Å². The van der Waals surface area contributed by atoms with E-state index in [1.807, 2.05) is 30.3 Å². The molecule has 0 saturated heterocycles. The van der Waals surface area contributed by atoms with E-state index >= 15 is 0 Å². The van der Waals surface area contributed by atoms with E-state index in [9.17, 15) is 9.59 Å². The van der Waals surface area contributed by atoms with Crippen molar-refractivity contribution in [2.75, 3.05) is 0 Å². The molecule has 0 bridgehead atoms. The summed E-state index contributed by atoms with van der Waals surface area (Å²) < 4.78 is 16.4. The first kappa shape index (κ1) is 18.5. The third-order valence-corrected chi connectivity index (χ3v) is 3.26. The summed E-state index contributed by atoms with van der Waals surface area (Å²) in [5, 5.41) is 0. The molecule has 5 nitrogen and oxygen atoms in total. The lowest BCUT2D eigenvalue weighted by Crippen LogP contribution is -2.18. The van der Waals surface area contributed by atoms with Crippen LogP contribution >= 0.6 is 0 Å². The molecule has 5 heteroatoms. The molecule has 0 amide bonds. The maximum Gasteiger partial charge on any atom is 0.313 e. The van der Waals surface area contributed by atoms with Crippen molar-refractivity contribution in [1.29, 1.82) is 0 Å². The number of carbonyl (C=O) groups is 2. The Bertz CT molecular complexity index is 735. The highest BCUT2D eigenvalue weighted by Crippen LogP contribution is 2.34. The van der Waals surface area contributed by atoms with E-state index in [2.05, 4.69) is 0 Å². The number of hydrogen-bond donors (Lipinski definition) is 0. The fraction of sp³-hybridized carbons (Fsp3) is 0.300. The van der Waals surface area contributed by atoms with Gasteiger partial charge in [-0.15, -0.1) is 0 Å². The largest absolute Gasteiger partial charge is 0.457 e. The minimum atomic E-state index is -0.418. The molecule has 0 aliphatic carbocycles. The number of ether oxygens (including phenoxy) is 3. The number of carbonyl (C=O) groups excluding carboxylic acids is 2. The van der Waals surface area contributed by atoms with Crippen molar-refractivity contribution in [2.45, 2.75) is 27.7 Å². The maximum absolute atomic E-state index is 12.0. The van der Waals surface area contributed by atoms with Gasteiger partial charge in [0.1, 0.15) is 11.5 Å². The molecule has 0 spiro atoms. The molecule has 0 aliphatic heterocycles. The predicted octanol–water partition coefficient (Wildman–Crippen LogP) is 4.60. The van der Waals surface area contributed by atoms with Gasteiger partial charge in [-0.1, -0.05) is 45.9 Å². The smallest absolute Gasteiger partial charge is 0.313 e. The molecule has 25 heavy (non-hydrogen) atoms. The molecular formula is C20H22O5. The van der Waals surface area contributed by atoms with Gasteiger partial charge >= 0.3 is 11.9 Å². The van der Waals surface area contributed by atoms with Crippen LogP contribution in [0.3, 0.4) is 0 Å². The molecule has 2 rings (SSSR count). The second-order valence-electron chi connectivity index (χ2n) is 6.18. The zero-order valence-electron chi connectivity index (χ0n) is 14.8. The van der Waals surface area contributed by atoms with Gasteiger partial charge in [0.2, 0.25) is 0 Å². The summed E-state index contributed by atoms with van der Waals surface area (Å²) in [6.07, 6.45) is 0. The molecule has 0 radical (unpaired) electrons. The topological polar surface area (TPSA) is 61.8 Å². The summed E-state index contributed by atoms with van der Waals surface area (Å²) in [7, 11) is 0. The first-order valence-corrected chi connectivity index (χ1v) is 8.17. The molecule has 0 aliphatic rings. The van der Waals surface area contributed by atoms with Crippen LogP contribution < -0.4 is 14.2 Å². The second-order valence-corrected chi connectivity index (χ2v) is 6.18. The molecule has 0 heterocycles. The lowest BCUT2D eigenvalue weighted by molar-refractivity contribution is -0.140. The van der Waals surface area contributed by atoms with Crippen molar-refractivity contribution >= 4 is 11.9 Å². The van der Waals surface area contributed by atoms with Crippen LogP contribution in [0.15, 0.2) is 48.5 Å². The molecule has 0 fully saturated rings. The quantitative estimate of drug-likeness (QED) is 0.567. The molecule has 0 unspecified atom stereocenters. The number of rotatable bonds is 6. The van der Waals surface area contributed by atoms with Crippen molar-refractivity contribution in [3.05, 3.63) is 48.5 Å². The van der Waals surface area contributed by atoms with Crippen molar-refractivity contribution < 1.29 is 23.8 Å². The van der Waals surface area contributed by atoms with E-state index in [-0.39, 0.29) is 23.3 Å². The lowest BCUT2D eigenvalue weighted by atomic mass is 10.2. The van der Waals surface area contributed by atoms with Crippen LogP contribution in [0, 0.1) is 11.8 Å². The van der Waals surface area contributed by atoms with Crippen LogP contribution in [-0.2, 0) is 9.59 Å². The van der Waals surface area contributed by atoms with Crippen molar-refractivity contribution in [2.24, 2.45) is 11.8 Å². The molecular weight excluding hydrogens is 320 g/mol.